The monoisotopic (exact) mass is 235 g/mol. The van der Waals surface area contributed by atoms with Gasteiger partial charge >= 0.3 is 5.69 Å². The molecular weight excluding hydrogens is 218 g/mol. The highest BCUT2D eigenvalue weighted by molar-refractivity contribution is 5.75. The summed E-state index contributed by atoms with van der Waals surface area (Å²) in [5.41, 5.74) is 2.50. The number of rotatable bonds is 4. The van der Waals surface area contributed by atoms with Gasteiger partial charge in [-0.1, -0.05) is 6.07 Å². The molecule has 0 fully saturated rings. The van der Waals surface area contributed by atoms with Crippen molar-refractivity contribution in [2.45, 2.75) is 12.5 Å². The van der Waals surface area contributed by atoms with E-state index in [0.29, 0.717) is 6.42 Å². The summed E-state index contributed by atoms with van der Waals surface area (Å²) in [6.45, 7) is 0.143. The number of fused-ring (bicyclic) bond motifs is 1. The lowest BCUT2D eigenvalue weighted by molar-refractivity contribution is 0.211. The average Bonchev–Trinajstić information content (AvgIpc) is 2.64. The van der Waals surface area contributed by atoms with Crippen molar-refractivity contribution >= 4 is 11.0 Å². The fourth-order valence-electron chi connectivity index (χ4n) is 2.10. The SMILES string of the molecule is CN(C)C(CCO)c1ccc2[nH]c(=O)[nH]c2c1. The van der Waals surface area contributed by atoms with E-state index < -0.39 is 0 Å². The first-order chi connectivity index (χ1) is 8.11. The normalized spacial score (nSPS) is 13.4. The van der Waals surface area contributed by atoms with Crippen LogP contribution in [0.4, 0.5) is 0 Å². The number of nitrogens with zero attached hydrogens (tertiary/aromatic N) is 1. The van der Waals surface area contributed by atoms with Gasteiger partial charge in [-0.25, -0.2) is 4.79 Å². The number of aromatic nitrogens is 2. The Bertz CT molecular complexity index is 556. The molecular formula is C12H17N3O2. The molecule has 0 aliphatic rings. The summed E-state index contributed by atoms with van der Waals surface area (Å²) in [7, 11) is 3.95. The van der Waals surface area contributed by atoms with Gasteiger partial charge in [0.15, 0.2) is 0 Å². The van der Waals surface area contributed by atoms with Gasteiger partial charge in [0.25, 0.3) is 0 Å². The molecule has 1 aromatic heterocycles. The zero-order chi connectivity index (χ0) is 12.4. The van der Waals surface area contributed by atoms with Crippen LogP contribution in [0.2, 0.25) is 0 Å². The van der Waals surface area contributed by atoms with E-state index >= 15 is 0 Å². The minimum Gasteiger partial charge on any atom is -0.396 e. The Kier molecular flexibility index (Phi) is 3.31. The van der Waals surface area contributed by atoms with Crippen molar-refractivity contribution in [1.29, 1.82) is 0 Å². The van der Waals surface area contributed by atoms with E-state index in [-0.39, 0.29) is 18.3 Å². The van der Waals surface area contributed by atoms with E-state index in [1.807, 2.05) is 32.3 Å². The number of hydrogen-bond donors (Lipinski definition) is 3. The largest absolute Gasteiger partial charge is 0.396 e. The maximum absolute atomic E-state index is 11.2. The van der Waals surface area contributed by atoms with Gasteiger partial charge in [0.05, 0.1) is 11.0 Å². The molecule has 5 nitrogen and oxygen atoms in total. The quantitative estimate of drug-likeness (QED) is 0.735. The van der Waals surface area contributed by atoms with E-state index in [9.17, 15) is 4.79 Å². The Labute approximate surface area is 99.1 Å². The molecule has 1 aromatic carbocycles. The lowest BCUT2D eigenvalue weighted by Crippen LogP contribution is -2.20. The van der Waals surface area contributed by atoms with Crippen LogP contribution in [0.25, 0.3) is 11.0 Å². The number of H-pyrrole nitrogens is 2. The van der Waals surface area contributed by atoms with Crippen LogP contribution in [0.1, 0.15) is 18.0 Å². The van der Waals surface area contributed by atoms with Crippen molar-refractivity contribution in [2.75, 3.05) is 20.7 Å². The molecule has 2 aromatic rings. The molecule has 2 rings (SSSR count). The van der Waals surface area contributed by atoms with Crippen LogP contribution < -0.4 is 5.69 Å². The van der Waals surface area contributed by atoms with Crippen LogP contribution in [0.3, 0.4) is 0 Å². The summed E-state index contributed by atoms with van der Waals surface area (Å²) in [5.74, 6) is 0. The van der Waals surface area contributed by atoms with Gasteiger partial charge in [-0.05, 0) is 38.2 Å². The first-order valence-corrected chi connectivity index (χ1v) is 5.61. The third-order valence-corrected chi connectivity index (χ3v) is 2.95. The van der Waals surface area contributed by atoms with E-state index in [1.165, 1.54) is 0 Å². The van der Waals surface area contributed by atoms with Crippen LogP contribution in [0, 0.1) is 0 Å². The fourth-order valence-corrected chi connectivity index (χ4v) is 2.10. The van der Waals surface area contributed by atoms with Gasteiger partial charge in [0.2, 0.25) is 0 Å². The number of aliphatic hydroxyl groups is 1. The van der Waals surface area contributed by atoms with Gasteiger partial charge in [0, 0.05) is 12.6 Å². The van der Waals surface area contributed by atoms with Crippen LogP contribution in [-0.2, 0) is 0 Å². The molecule has 0 spiro atoms. The van der Waals surface area contributed by atoms with Crippen LogP contribution in [0.15, 0.2) is 23.0 Å². The molecule has 1 heterocycles. The molecule has 0 bridgehead atoms. The second kappa shape index (κ2) is 4.73. The second-order valence-corrected chi connectivity index (χ2v) is 4.38. The Morgan fingerprint density at radius 1 is 1.29 bits per heavy atom. The maximum Gasteiger partial charge on any atom is 0.323 e. The van der Waals surface area contributed by atoms with Gasteiger partial charge in [-0.3, -0.25) is 0 Å². The molecule has 1 unspecified atom stereocenters. The van der Waals surface area contributed by atoms with Crippen molar-refractivity contribution in [1.82, 2.24) is 14.9 Å². The number of imidazole rings is 1. The third kappa shape index (κ3) is 2.40. The summed E-state index contributed by atoms with van der Waals surface area (Å²) in [4.78, 5) is 18.7. The Morgan fingerprint density at radius 2 is 2.00 bits per heavy atom. The number of hydrogen-bond acceptors (Lipinski definition) is 3. The zero-order valence-corrected chi connectivity index (χ0v) is 10.0. The first kappa shape index (κ1) is 11.9. The summed E-state index contributed by atoms with van der Waals surface area (Å²) < 4.78 is 0. The van der Waals surface area contributed by atoms with Crippen LogP contribution >= 0.6 is 0 Å². The number of nitrogens with one attached hydrogen (secondary N) is 2. The number of aromatic amines is 2. The second-order valence-electron chi connectivity index (χ2n) is 4.38. The molecule has 0 amide bonds. The smallest absolute Gasteiger partial charge is 0.323 e. The van der Waals surface area contributed by atoms with Crippen molar-refractivity contribution in [3.05, 3.63) is 34.2 Å². The van der Waals surface area contributed by atoms with Crippen LogP contribution in [-0.4, -0.2) is 40.7 Å². The molecule has 17 heavy (non-hydrogen) atoms. The van der Waals surface area contributed by atoms with Crippen molar-refractivity contribution in [2.24, 2.45) is 0 Å². The summed E-state index contributed by atoms with van der Waals surface area (Å²) in [6.07, 6.45) is 0.674. The molecule has 92 valence electrons. The molecule has 0 aliphatic carbocycles. The predicted molar refractivity (Wildman–Crippen MR) is 67.1 cm³/mol. The van der Waals surface area contributed by atoms with E-state index in [1.54, 1.807) is 0 Å². The predicted octanol–water partition coefficient (Wildman–Crippen LogP) is 0.841. The maximum atomic E-state index is 11.2. The topological polar surface area (TPSA) is 72.1 Å². The zero-order valence-electron chi connectivity index (χ0n) is 10.0. The Hall–Kier alpha value is -1.59. The van der Waals surface area contributed by atoms with Gasteiger partial charge < -0.3 is 20.0 Å². The van der Waals surface area contributed by atoms with Gasteiger partial charge in [0.1, 0.15) is 0 Å². The molecule has 1 atom stereocenters. The van der Waals surface area contributed by atoms with Crippen molar-refractivity contribution in [3.8, 4) is 0 Å². The van der Waals surface area contributed by atoms with Gasteiger partial charge in [-0.2, -0.15) is 0 Å². The van der Waals surface area contributed by atoms with E-state index in [2.05, 4.69) is 14.9 Å². The molecule has 0 aliphatic heterocycles. The molecule has 3 N–H and O–H groups in total. The standard InChI is InChI=1S/C12H17N3O2/c1-15(2)11(5-6-16)8-3-4-9-10(7-8)14-12(17)13-9/h3-4,7,11,16H,5-6H2,1-2H3,(H2,13,14,17). The molecule has 0 saturated carbocycles. The minimum absolute atomic E-state index is 0.143. The first-order valence-electron chi connectivity index (χ1n) is 5.61. The van der Waals surface area contributed by atoms with E-state index in [4.69, 9.17) is 5.11 Å². The highest BCUT2D eigenvalue weighted by Gasteiger charge is 2.14. The van der Waals surface area contributed by atoms with Crippen molar-refractivity contribution in [3.63, 3.8) is 0 Å². The Morgan fingerprint density at radius 3 is 2.65 bits per heavy atom. The fraction of sp³-hybridized carbons (Fsp3) is 0.417. The number of aliphatic hydroxyl groups excluding tert-OH is 1. The lowest BCUT2D eigenvalue weighted by atomic mass is 10.0. The average molecular weight is 235 g/mol. The summed E-state index contributed by atoms with van der Waals surface area (Å²) in [5, 5.41) is 9.07. The Balaban J connectivity index is 2.42. The number of benzene rings is 1. The third-order valence-electron chi connectivity index (χ3n) is 2.95. The van der Waals surface area contributed by atoms with Crippen LogP contribution in [0.5, 0.6) is 0 Å². The van der Waals surface area contributed by atoms with E-state index in [0.717, 1.165) is 16.6 Å². The minimum atomic E-state index is -0.194. The highest BCUT2D eigenvalue weighted by atomic mass is 16.3. The molecule has 0 saturated heterocycles. The molecule has 5 heteroatoms. The molecule has 0 radical (unpaired) electrons. The summed E-state index contributed by atoms with van der Waals surface area (Å²) >= 11 is 0. The lowest BCUT2D eigenvalue weighted by Gasteiger charge is -2.23. The van der Waals surface area contributed by atoms with Crippen molar-refractivity contribution < 1.29 is 5.11 Å². The summed E-state index contributed by atoms with van der Waals surface area (Å²) in [6, 6.07) is 5.97. The highest BCUT2D eigenvalue weighted by Crippen LogP contribution is 2.23. The van der Waals surface area contributed by atoms with Gasteiger partial charge in [-0.15, -0.1) is 0 Å².